The monoisotopic (exact) mass is 357 g/mol. The zero-order valence-electron chi connectivity index (χ0n) is 12.3. The smallest absolute Gasteiger partial charge is 0.263 e. The molecule has 0 aliphatic heterocycles. The predicted octanol–water partition coefficient (Wildman–Crippen LogP) is 5.31. The molecule has 0 heterocycles. The molecule has 0 fully saturated rings. The molecule has 1 N–H and O–H groups in total. The van der Waals surface area contributed by atoms with Gasteiger partial charge in [0.15, 0.2) is 0 Å². The Morgan fingerprint density at radius 3 is 2.32 bits per heavy atom. The summed E-state index contributed by atoms with van der Waals surface area (Å²) in [4.78, 5) is -0.0346. The normalized spacial score (nSPS) is 12.9. The van der Waals surface area contributed by atoms with Crippen LogP contribution in [-0.4, -0.2) is 8.42 Å². The van der Waals surface area contributed by atoms with Crippen molar-refractivity contribution >= 4 is 38.9 Å². The second kappa shape index (κ2) is 6.90. The SMILES string of the molecule is CCC(C)c1ccc(NS(=O)(=O)c2cc(Cl)ccc2Cl)cc1. The van der Waals surface area contributed by atoms with Crippen LogP contribution in [0.15, 0.2) is 47.4 Å². The molecule has 0 aromatic heterocycles. The van der Waals surface area contributed by atoms with Crippen LogP contribution in [-0.2, 0) is 10.0 Å². The summed E-state index contributed by atoms with van der Waals surface area (Å²) in [6, 6.07) is 11.7. The average molecular weight is 358 g/mol. The van der Waals surface area contributed by atoms with Gasteiger partial charge in [-0.25, -0.2) is 8.42 Å². The summed E-state index contributed by atoms with van der Waals surface area (Å²) in [5.74, 6) is 0.438. The number of benzene rings is 2. The van der Waals surface area contributed by atoms with Crippen molar-refractivity contribution in [2.24, 2.45) is 0 Å². The Morgan fingerprint density at radius 2 is 1.73 bits per heavy atom. The fraction of sp³-hybridized carbons (Fsp3) is 0.250. The van der Waals surface area contributed by atoms with Crippen LogP contribution in [0, 0.1) is 0 Å². The van der Waals surface area contributed by atoms with E-state index in [1.165, 1.54) is 17.7 Å². The third-order valence-corrected chi connectivity index (χ3v) is 5.63. The molecule has 3 nitrogen and oxygen atoms in total. The lowest BCUT2D eigenvalue weighted by molar-refractivity contribution is 0.601. The van der Waals surface area contributed by atoms with Crippen molar-refractivity contribution in [1.29, 1.82) is 0 Å². The Kier molecular flexibility index (Phi) is 5.37. The van der Waals surface area contributed by atoms with Gasteiger partial charge >= 0.3 is 0 Å². The van der Waals surface area contributed by atoms with Crippen LogP contribution in [0.2, 0.25) is 10.0 Å². The van der Waals surface area contributed by atoms with Gasteiger partial charge in [0.05, 0.1) is 5.02 Å². The molecule has 0 amide bonds. The summed E-state index contributed by atoms with van der Waals surface area (Å²) >= 11 is 11.8. The highest BCUT2D eigenvalue weighted by Crippen LogP contribution is 2.27. The van der Waals surface area contributed by atoms with Gasteiger partial charge in [-0.1, -0.05) is 49.2 Å². The molecular formula is C16H17Cl2NO2S. The van der Waals surface area contributed by atoms with Crippen molar-refractivity contribution in [3.05, 3.63) is 58.1 Å². The molecular weight excluding hydrogens is 341 g/mol. The molecule has 0 bridgehead atoms. The minimum absolute atomic E-state index is 0.0346. The van der Waals surface area contributed by atoms with Crippen LogP contribution in [0.5, 0.6) is 0 Å². The van der Waals surface area contributed by atoms with Crippen molar-refractivity contribution in [3.63, 3.8) is 0 Å². The molecule has 0 aliphatic carbocycles. The van der Waals surface area contributed by atoms with Gasteiger partial charge in [-0.3, -0.25) is 4.72 Å². The molecule has 0 saturated carbocycles. The van der Waals surface area contributed by atoms with Gasteiger partial charge in [0, 0.05) is 10.7 Å². The molecule has 1 atom stereocenters. The zero-order valence-corrected chi connectivity index (χ0v) is 14.6. The average Bonchev–Trinajstić information content (AvgIpc) is 2.49. The van der Waals surface area contributed by atoms with Gasteiger partial charge < -0.3 is 0 Å². The maximum atomic E-state index is 12.4. The van der Waals surface area contributed by atoms with E-state index in [1.807, 2.05) is 12.1 Å². The molecule has 0 saturated heterocycles. The molecule has 0 radical (unpaired) electrons. The third kappa shape index (κ3) is 3.94. The number of nitrogens with one attached hydrogen (secondary N) is 1. The maximum Gasteiger partial charge on any atom is 0.263 e. The lowest BCUT2D eigenvalue weighted by atomic mass is 9.99. The second-order valence-electron chi connectivity index (χ2n) is 5.11. The first-order chi connectivity index (χ1) is 10.3. The van der Waals surface area contributed by atoms with Crippen LogP contribution in [0.25, 0.3) is 0 Å². The van der Waals surface area contributed by atoms with E-state index in [0.717, 1.165) is 6.42 Å². The number of rotatable bonds is 5. The van der Waals surface area contributed by atoms with E-state index in [1.54, 1.807) is 18.2 Å². The van der Waals surface area contributed by atoms with E-state index in [9.17, 15) is 8.42 Å². The summed E-state index contributed by atoms with van der Waals surface area (Å²) in [5, 5.41) is 0.449. The van der Waals surface area contributed by atoms with E-state index in [2.05, 4.69) is 18.6 Å². The van der Waals surface area contributed by atoms with Crippen molar-refractivity contribution in [3.8, 4) is 0 Å². The fourth-order valence-corrected chi connectivity index (χ4v) is 3.83. The Balaban J connectivity index is 2.27. The molecule has 2 aromatic carbocycles. The maximum absolute atomic E-state index is 12.4. The summed E-state index contributed by atoms with van der Waals surface area (Å²) in [6.45, 7) is 4.24. The van der Waals surface area contributed by atoms with Crippen molar-refractivity contribution in [2.45, 2.75) is 31.1 Å². The van der Waals surface area contributed by atoms with E-state index in [4.69, 9.17) is 23.2 Å². The third-order valence-electron chi connectivity index (χ3n) is 3.53. The second-order valence-corrected chi connectivity index (χ2v) is 7.61. The first-order valence-electron chi connectivity index (χ1n) is 6.91. The Labute approximate surface area is 141 Å². The van der Waals surface area contributed by atoms with E-state index in [0.29, 0.717) is 16.6 Å². The van der Waals surface area contributed by atoms with Crippen LogP contribution in [0.1, 0.15) is 31.7 Å². The van der Waals surface area contributed by atoms with Gasteiger partial charge in [0.2, 0.25) is 0 Å². The van der Waals surface area contributed by atoms with E-state index >= 15 is 0 Å². The van der Waals surface area contributed by atoms with Gasteiger partial charge in [0.25, 0.3) is 10.0 Å². The highest BCUT2D eigenvalue weighted by atomic mass is 35.5. The standard InChI is InChI=1S/C16H17Cl2NO2S/c1-3-11(2)12-4-7-14(8-5-12)19-22(20,21)16-10-13(17)6-9-15(16)18/h4-11,19H,3H2,1-2H3. The van der Waals surface area contributed by atoms with Crippen molar-refractivity contribution < 1.29 is 8.42 Å². The minimum Gasteiger partial charge on any atom is -0.280 e. The highest BCUT2D eigenvalue weighted by molar-refractivity contribution is 7.92. The van der Waals surface area contributed by atoms with Gasteiger partial charge in [-0.15, -0.1) is 0 Å². The topological polar surface area (TPSA) is 46.2 Å². The van der Waals surface area contributed by atoms with Gasteiger partial charge in [0.1, 0.15) is 4.90 Å². The molecule has 0 spiro atoms. The summed E-state index contributed by atoms with van der Waals surface area (Å²) in [7, 11) is -3.77. The number of anilines is 1. The fourth-order valence-electron chi connectivity index (χ4n) is 2.01. The lowest BCUT2D eigenvalue weighted by Crippen LogP contribution is -2.13. The molecule has 2 rings (SSSR count). The van der Waals surface area contributed by atoms with Crippen molar-refractivity contribution in [2.75, 3.05) is 4.72 Å². The molecule has 118 valence electrons. The number of sulfonamides is 1. The zero-order chi connectivity index (χ0) is 16.3. The lowest BCUT2D eigenvalue weighted by Gasteiger charge is -2.12. The van der Waals surface area contributed by atoms with Crippen molar-refractivity contribution in [1.82, 2.24) is 0 Å². The molecule has 0 aliphatic rings. The molecule has 22 heavy (non-hydrogen) atoms. The van der Waals surface area contributed by atoms with Crippen LogP contribution >= 0.6 is 23.2 Å². The Bertz CT molecular complexity index is 758. The summed E-state index contributed by atoms with van der Waals surface area (Å²) in [6.07, 6.45) is 1.03. The Hall–Kier alpha value is -1.23. The predicted molar refractivity (Wildman–Crippen MR) is 92.4 cm³/mol. The number of hydrogen-bond donors (Lipinski definition) is 1. The Morgan fingerprint density at radius 1 is 1.09 bits per heavy atom. The first-order valence-corrected chi connectivity index (χ1v) is 9.15. The van der Waals surface area contributed by atoms with Crippen LogP contribution < -0.4 is 4.72 Å². The van der Waals surface area contributed by atoms with Gasteiger partial charge in [-0.2, -0.15) is 0 Å². The number of hydrogen-bond acceptors (Lipinski definition) is 2. The van der Waals surface area contributed by atoms with Crippen LogP contribution in [0.3, 0.4) is 0 Å². The van der Waals surface area contributed by atoms with Crippen LogP contribution in [0.4, 0.5) is 5.69 Å². The van der Waals surface area contributed by atoms with Gasteiger partial charge in [-0.05, 0) is 48.2 Å². The molecule has 2 aromatic rings. The highest BCUT2D eigenvalue weighted by Gasteiger charge is 2.18. The van der Waals surface area contributed by atoms with E-state index < -0.39 is 10.0 Å². The first kappa shape index (κ1) is 17.1. The summed E-state index contributed by atoms with van der Waals surface area (Å²) < 4.78 is 27.3. The number of halogens is 2. The minimum atomic E-state index is -3.77. The largest absolute Gasteiger partial charge is 0.280 e. The van der Waals surface area contributed by atoms with E-state index in [-0.39, 0.29) is 9.92 Å². The summed E-state index contributed by atoms with van der Waals surface area (Å²) in [5.41, 5.74) is 1.66. The molecule has 6 heteroatoms. The quantitative estimate of drug-likeness (QED) is 0.788. The molecule has 1 unspecified atom stereocenters.